The van der Waals surface area contributed by atoms with E-state index in [0.717, 1.165) is 29.7 Å². The Morgan fingerprint density at radius 3 is 2.86 bits per heavy atom. The van der Waals surface area contributed by atoms with Crippen LogP contribution in [0.4, 0.5) is 4.39 Å². The molecule has 0 aliphatic carbocycles. The lowest BCUT2D eigenvalue weighted by molar-refractivity contribution is 0.259. The van der Waals surface area contributed by atoms with Crippen molar-refractivity contribution in [3.05, 3.63) is 57.8 Å². The largest absolute Gasteiger partial charge is 0.493 e. The molecule has 1 atom stereocenters. The van der Waals surface area contributed by atoms with E-state index in [1.54, 1.807) is 25.3 Å². The van der Waals surface area contributed by atoms with Crippen molar-refractivity contribution in [2.45, 2.75) is 39.0 Å². The first-order valence-corrected chi connectivity index (χ1v) is 10.6. The van der Waals surface area contributed by atoms with Gasteiger partial charge in [0, 0.05) is 24.7 Å². The van der Waals surface area contributed by atoms with E-state index in [0.29, 0.717) is 23.1 Å². The summed E-state index contributed by atoms with van der Waals surface area (Å²) in [6.45, 7) is 6.43. The van der Waals surface area contributed by atoms with E-state index in [2.05, 4.69) is 33.1 Å². The summed E-state index contributed by atoms with van der Waals surface area (Å²) >= 11 is 3.58. The van der Waals surface area contributed by atoms with E-state index in [1.807, 2.05) is 12.1 Å². The fraction of sp³-hybridized carbons (Fsp3) is 0.455. The normalized spacial score (nSPS) is 17.1. The monoisotopic (exact) mass is 450 g/mol. The first kappa shape index (κ1) is 21.1. The minimum Gasteiger partial charge on any atom is -0.493 e. The van der Waals surface area contributed by atoms with Crippen molar-refractivity contribution < 1.29 is 13.9 Å². The van der Waals surface area contributed by atoms with Crippen molar-refractivity contribution in [1.29, 1.82) is 0 Å². The summed E-state index contributed by atoms with van der Waals surface area (Å²) < 4.78 is 26.0. The van der Waals surface area contributed by atoms with Gasteiger partial charge in [0.1, 0.15) is 12.4 Å². The number of hydrogen-bond donors (Lipinski definition) is 1. The molecule has 2 aromatic rings. The van der Waals surface area contributed by atoms with Crippen LogP contribution in [0.1, 0.15) is 30.9 Å². The SMILES string of the molecule is CCN1CCC[C@@H]1CNCc1cc(Br)c(OCc2ccccc2F)c(OC)c1. The fourth-order valence-corrected chi connectivity index (χ4v) is 4.31. The third-order valence-corrected chi connectivity index (χ3v) is 5.82. The third-order valence-electron chi connectivity index (χ3n) is 5.23. The Morgan fingerprint density at radius 1 is 1.29 bits per heavy atom. The highest BCUT2D eigenvalue weighted by Gasteiger charge is 2.22. The van der Waals surface area contributed by atoms with Crippen LogP contribution >= 0.6 is 15.9 Å². The van der Waals surface area contributed by atoms with Crippen LogP contribution in [0.25, 0.3) is 0 Å². The molecule has 1 fully saturated rings. The maximum atomic E-state index is 13.8. The molecule has 0 aromatic heterocycles. The molecule has 0 radical (unpaired) electrons. The molecule has 3 rings (SSSR count). The molecule has 1 aliphatic rings. The van der Waals surface area contributed by atoms with Crippen molar-refractivity contribution >= 4 is 15.9 Å². The van der Waals surface area contributed by atoms with E-state index in [4.69, 9.17) is 9.47 Å². The summed E-state index contributed by atoms with van der Waals surface area (Å²) in [6, 6.07) is 11.2. The second-order valence-corrected chi connectivity index (χ2v) is 7.90. The number of nitrogens with zero attached hydrogens (tertiary/aromatic N) is 1. The molecule has 152 valence electrons. The minimum absolute atomic E-state index is 0.147. The molecule has 6 heteroatoms. The van der Waals surface area contributed by atoms with E-state index >= 15 is 0 Å². The summed E-state index contributed by atoms with van der Waals surface area (Å²) in [7, 11) is 1.62. The summed E-state index contributed by atoms with van der Waals surface area (Å²) in [5.74, 6) is 0.951. The molecule has 2 aromatic carbocycles. The van der Waals surface area contributed by atoms with Crippen molar-refractivity contribution in [2.24, 2.45) is 0 Å². The quantitative estimate of drug-likeness (QED) is 0.597. The Balaban J connectivity index is 1.61. The molecular weight excluding hydrogens is 423 g/mol. The maximum absolute atomic E-state index is 13.8. The zero-order valence-electron chi connectivity index (χ0n) is 16.5. The molecule has 0 unspecified atom stereocenters. The first-order chi connectivity index (χ1) is 13.6. The van der Waals surface area contributed by atoms with Gasteiger partial charge in [-0.25, -0.2) is 4.39 Å². The van der Waals surface area contributed by atoms with Crippen LogP contribution in [-0.4, -0.2) is 37.7 Å². The average Bonchev–Trinajstić information content (AvgIpc) is 3.15. The van der Waals surface area contributed by atoms with E-state index in [-0.39, 0.29) is 12.4 Å². The predicted octanol–water partition coefficient (Wildman–Crippen LogP) is 4.75. The van der Waals surface area contributed by atoms with Crippen LogP contribution in [0, 0.1) is 5.82 Å². The summed E-state index contributed by atoms with van der Waals surface area (Å²) in [5.41, 5.74) is 1.63. The van der Waals surface area contributed by atoms with Crippen molar-refractivity contribution in [3.63, 3.8) is 0 Å². The number of ether oxygens (including phenoxy) is 2. The van der Waals surface area contributed by atoms with Crippen LogP contribution in [0.2, 0.25) is 0 Å². The van der Waals surface area contributed by atoms with Crippen LogP contribution in [0.3, 0.4) is 0 Å². The number of rotatable bonds is 9. The highest BCUT2D eigenvalue weighted by Crippen LogP contribution is 2.37. The van der Waals surface area contributed by atoms with Crippen LogP contribution in [-0.2, 0) is 13.2 Å². The second kappa shape index (κ2) is 10.2. The highest BCUT2D eigenvalue weighted by atomic mass is 79.9. The third kappa shape index (κ3) is 5.25. The lowest BCUT2D eigenvalue weighted by atomic mass is 10.1. The average molecular weight is 451 g/mol. The van der Waals surface area contributed by atoms with Crippen LogP contribution < -0.4 is 14.8 Å². The van der Waals surface area contributed by atoms with Gasteiger partial charge in [0.05, 0.1) is 11.6 Å². The van der Waals surface area contributed by atoms with Gasteiger partial charge in [-0.15, -0.1) is 0 Å². The number of benzene rings is 2. The number of hydrogen-bond acceptors (Lipinski definition) is 4. The number of nitrogens with one attached hydrogen (secondary N) is 1. The van der Waals surface area contributed by atoms with Crippen LogP contribution in [0.15, 0.2) is 40.9 Å². The van der Waals surface area contributed by atoms with Gasteiger partial charge in [-0.2, -0.15) is 0 Å². The fourth-order valence-electron chi connectivity index (χ4n) is 3.71. The van der Waals surface area contributed by atoms with E-state index in [9.17, 15) is 4.39 Å². The Labute approximate surface area is 175 Å². The first-order valence-electron chi connectivity index (χ1n) is 9.79. The predicted molar refractivity (Wildman–Crippen MR) is 113 cm³/mol. The Kier molecular flexibility index (Phi) is 7.71. The number of halogens is 2. The van der Waals surface area contributed by atoms with E-state index in [1.165, 1.54) is 25.5 Å². The van der Waals surface area contributed by atoms with Crippen LogP contribution in [0.5, 0.6) is 11.5 Å². The lowest BCUT2D eigenvalue weighted by Crippen LogP contribution is -2.37. The summed E-state index contributed by atoms with van der Waals surface area (Å²) in [6.07, 6.45) is 2.55. The molecule has 0 amide bonds. The van der Waals surface area contributed by atoms with Gasteiger partial charge in [-0.3, -0.25) is 4.90 Å². The van der Waals surface area contributed by atoms with Crippen molar-refractivity contribution in [1.82, 2.24) is 10.2 Å². The minimum atomic E-state index is -0.272. The number of likely N-dealkylation sites (N-methyl/N-ethyl adjacent to an activating group) is 1. The zero-order valence-corrected chi connectivity index (χ0v) is 18.1. The molecule has 0 saturated carbocycles. The molecule has 1 N–H and O–H groups in total. The van der Waals surface area contributed by atoms with Gasteiger partial charge < -0.3 is 14.8 Å². The lowest BCUT2D eigenvalue weighted by Gasteiger charge is -2.23. The van der Waals surface area contributed by atoms with Gasteiger partial charge >= 0.3 is 0 Å². The summed E-state index contributed by atoms with van der Waals surface area (Å²) in [4.78, 5) is 2.53. The maximum Gasteiger partial charge on any atom is 0.175 e. The van der Waals surface area contributed by atoms with Gasteiger partial charge in [-0.1, -0.05) is 25.1 Å². The molecule has 1 heterocycles. The molecule has 28 heavy (non-hydrogen) atoms. The Morgan fingerprint density at radius 2 is 2.11 bits per heavy atom. The molecule has 1 aliphatic heterocycles. The molecule has 4 nitrogen and oxygen atoms in total. The Bertz CT molecular complexity index is 787. The summed E-state index contributed by atoms with van der Waals surface area (Å²) in [5, 5.41) is 3.56. The number of likely N-dealkylation sites (tertiary alicyclic amines) is 1. The van der Waals surface area contributed by atoms with Crippen molar-refractivity contribution in [2.75, 3.05) is 26.7 Å². The number of methoxy groups -OCH3 is 1. The molecular formula is C22H28BrFN2O2. The molecule has 0 spiro atoms. The second-order valence-electron chi connectivity index (χ2n) is 7.04. The highest BCUT2D eigenvalue weighted by molar-refractivity contribution is 9.10. The zero-order chi connectivity index (χ0) is 19.9. The van der Waals surface area contributed by atoms with E-state index < -0.39 is 0 Å². The smallest absolute Gasteiger partial charge is 0.175 e. The van der Waals surface area contributed by atoms with Gasteiger partial charge in [0.2, 0.25) is 0 Å². The topological polar surface area (TPSA) is 33.7 Å². The van der Waals surface area contributed by atoms with Crippen molar-refractivity contribution in [3.8, 4) is 11.5 Å². The van der Waals surface area contributed by atoms with Gasteiger partial charge in [0.15, 0.2) is 11.5 Å². The van der Waals surface area contributed by atoms with Gasteiger partial charge in [-0.05, 0) is 65.6 Å². The molecule has 1 saturated heterocycles. The Hall–Kier alpha value is -1.63. The standard InChI is InChI=1S/C22H28BrFN2O2/c1-3-26-10-6-8-18(26)14-25-13-16-11-19(23)22(21(12-16)27-2)28-15-17-7-4-5-9-20(17)24/h4-5,7,9,11-12,18,25H,3,6,8,10,13-15H2,1-2H3/t18-/m1/s1. The molecule has 0 bridgehead atoms. The van der Waals surface area contributed by atoms with Gasteiger partial charge in [0.25, 0.3) is 0 Å².